The monoisotopic (exact) mass is 420 g/mol. The van der Waals surface area contributed by atoms with E-state index in [1.165, 1.54) is 18.7 Å². The lowest BCUT2D eigenvalue weighted by atomic mass is 10.0. The zero-order valence-corrected chi connectivity index (χ0v) is 17.9. The number of halogens is 1. The van der Waals surface area contributed by atoms with Crippen LogP contribution in [-0.4, -0.2) is 84.6 Å². The Morgan fingerprint density at radius 3 is 2.53 bits per heavy atom. The summed E-state index contributed by atoms with van der Waals surface area (Å²) in [5, 5.41) is 9.87. The van der Waals surface area contributed by atoms with Crippen LogP contribution in [0.2, 0.25) is 0 Å². The summed E-state index contributed by atoms with van der Waals surface area (Å²) >= 11 is 0. The van der Waals surface area contributed by atoms with Gasteiger partial charge in [-0.15, -0.1) is 0 Å². The smallest absolute Gasteiger partial charge is 0.254 e. The van der Waals surface area contributed by atoms with Gasteiger partial charge in [-0.05, 0) is 44.4 Å². The fourth-order valence-corrected chi connectivity index (χ4v) is 4.68. The third kappa shape index (κ3) is 4.26. The molecular weight excluding hydrogens is 387 g/mol. The van der Waals surface area contributed by atoms with Crippen molar-refractivity contribution in [1.82, 2.24) is 9.80 Å². The first-order valence-electron chi connectivity index (χ1n) is 10.9. The molecule has 0 aliphatic carbocycles. The molecule has 3 heterocycles. The van der Waals surface area contributed by atoms with Crippen LogP contribution in [-0.2, 0) is 11.3 Å². The van der Waals surface area contributed by atoms with Gasteiger partial charge in [-0.25, -0.2) is 4.39 Å². The first kappa shape index (κ1) is 21.3. The SMILES string of the molecule is CC(C)(O)C(F)CN1Cc2cc(N)c(N3CCC(N4CCOCC4)CC3)cc2C1=O. The number of nitrogen functional groups attached to an aromatic ring is 1. The number of nitrogens with two attached hydrogens (primary N) is 1. The number of aliphatic hydroxyl groups is 1. The van der Waals surface area contributed by atoms with Crippen molar-refractivity contribution in [3.05, 3.63) is 23.3 Å². The van der Waals surface area contributed by atoms with Crippen molar-refractivity contribution in [2.75, 3.05) is 56.6 Å². The van der Waals surface area contributed by atoms with Crippen LogP contribution >= 0.6 is 0 Å². The number of benzene rings is 1. The Bertz CT molecular complexity index is 783. The van der Waals surface area contributed by atoms with Gasteiger partial charge >= 0.3 is 0 Å². The predicted molar refractivity (Wildman–Crippen MR) is 114 cm³/mol. The maximum absolute atomic E-state index is 14.3. The minimum absolute atomic E-state index is 0.128. The fraction of sp³-hybridized carbons (Fsp3) is 0.682. The number of fused-ring (bicyclic) bond motifs is 1. The molecule has 1 aromatic rings. The van der Waals surface area contributed by atoms with Gasteiger partial charge in [0.15, 0.2) is 0 Å². The number of carbonyl (C=O) groups excluding carboxylic acids is 1. The number of hydrogen-bond acceptors (Lipinski definition) is 6. The van der Waals surface area contributed by atoms with Gasteiger partial charge in [0.25, 0.3) is 5.91 Å². The van der Waals surface area contributed by atoms with Crippen molar-refractivity contribution >= 4 is 17.3 Å². The maximum Gasteiger partial charge on any atom is 0.254 e. The van der Waals surface area contributed by atoms with E-state index in [-0.39, 0.29) is 12.5 Å². The van der Waals surface area contributed by atoms with Crippen LogP contribution in [0, 0.1) is 0 Å². The zero-order chi connectivity index (χ0) is 21.5. The first-order valence-corrected chi connectivity index (χ1v) is 10.9. The topological polar surface area (TPSA) is 82.3 Å². The Morgan fingerprint density at radius 1 is 1.23 bits per heavy atom. The van der Waals surface area contributed by atoms with Gasteiger partial charge in [-0.2, -0.15) is 0 Å². The summed E-state index contributed by atoms with van der Waals surface area (Å²) in [5.41, 5.74) is 7.84. The lowest BCUT2D eigenvalue weighted by Gasteiger charge is -2.41. The van der Waals surface area contributed by atoms with Crippen LogP contribution in [0.1, 0.15) is 42.6 Å². The van der Waals surface area contributed by atoms with Gasteiger partial charge in [0.2, 0.25) is 0 Å². The second-order valence-electron chi connectivity index (χ2n) is 9.24. The molecule has 0 saturated carbocycles. The quantitative estimate of drug-likeness (QED) is 0.705. The molecule has 0 spiro atoms. The minimum atomic E-state index is -1.51. The Hall–Kier alpha value is -1.90. The van der Waals surface area contributed by atoms with E-state index >= 15 is 0 Å². The van der Waals surface area contributed by atoms with Gasteiger partial charge in [0.1, 0.15) is 6.17 Å². The lowest BCUT2D eigenvalue weighted by molar-refractivity contribution is -0.0159. The molecule has 30 heavy (non-hydrogen) atoms. The van der Waals surface area contributed by atoms with Crippen molar-refractivity contribution in [1.29, 1.82) is 0 Å². The molecule has 1 atom stereocenters. The maximum atomic E-state index is 14.3. The number of nitrogens with zero attached hydrogens (tertiary/aromatic N) is 3. The van der Waals surface area contributed by atoms with Crippen molar-refractivity contribution in [2.24, 2.45) is 0 Å². The summed E-state index contributed by atoms with van der Waals surface area (Å²) in [6, 6.07) is 4.30. The molecule has 7 nitrogen and oxygen atoms in total. The van der Waals surface area contributed by atoms with Crippen LogP contribution in [0.15, 0.2) is 12.1 Å². The Balaban J connectivity index is 1.43. The number of piperidine rings is 1. The van der Waals surface area contributed by atoms with Crippen LogP contribution in [0.4, 0.5) is 15.8 Å². The van der Waals surface area contributed by atoms with E-state index in [2.05, 4.69) is 9.80 Å². The predicted octanol–water partition coefficient (Wildman–Crippen LogP) is 1.63. The number of ether oxygens (including phenoxy) is 1. The molecule has 3 aliphatic heterocycles. The van der Waals surface area contributed by atoms with Crippen LogP contribution in [0.25, 0.3) is 0 Å². The fourth-order valence-electron chi connectivity index (χ4n) is 4.68. The summed E-state index contributed by atoms with van der Waals surface area (Å²) < 4.78 is 19.8. The van der Waals surface area contributed by atoms with E-state index in [0.29, 0.717) is 23.8 Å². The molecule has 4 rings (SSSR count). The number of morpholine rings is 1. The lowest BCUT2D eigenvalue weighted by Crippen LogP contribution is -2.49. The summed E-state index contributed by atoms with van der Waals surface area (Å²) in [4.78, 5) is 19.1. The van der Waals surface area contributed by atoms with Crippen molar-refractivity contribution in [2.45, 2.75) is 51.0 Å². The van der Waals surface area contributed by atoms with Gasteiger partial charge in [-0.3, -0.25) is 9.69 Å². The van der Waals surface area contributed by atoms with E-state index in [9.17, 15) is 14.3 Å². The molecule has 1 unspecified atom stereocenters. The molecule has 1 aromatic carbocycles. The molecule has 0 radical (unpaired) electrons. The average molecular weight is 421 g/mol. The summed E-state index contributed by atoms with van der Waals surface area (Å²) in [6.07, 6.45) is 0.615. The highest BCUT2D eigenvalue weighted by molar-refractivity contribution is 6.00. The molecule has 0 bridgehead atoms. The second kappa shape index (κ2) is 8.32. The first-order chi connectivity index (χ1) is 14.2. The molecular formula is C22H33FN4O3. The number of anilines is 2. The highest BCUT2D eigenvalue weighted by atomic mass is 19.1. The number of carbonyl (C=O) groups is 1. The summed E-state index contributed by atoms with van der Waals surface area (Å²) in [7, 11) is 0. The van der Waals surface area contributed by atoms with Gasteiger partial charge < -0.3 is 25.4 Å². The average Bonchev–Trinajstić information content (AvgIpc) is 3.02. The van der Waals surface area contributed by atoms with Crippen LogP contribution in [0.5, 0.6) is 0 Å². The van der Waals surface area contributed by atoms with E-state index in [1.807, 2.05) is 12.1 Å². The second-order valence-corrected chi connectivity index (χ2v) is 9.24. The molecule has 3 aliphatic rings. The van der Waals surface area contributed by atoms with Gasteiger partial charge in [-0.1, -0.05) is 0 Å². The van der Waals surface area contributed by atoms with Gasteiger partial charge in [0, 0.05) is 44.3 Å². The largest absolute Gasteiger partial charge is 0.397 e. The van der Waals surface area contributed by atoms with Gasteiger partial charge in [0.05, 0.1) is 36.7 Å². The molecule has 1 amide bonds. The van der Waals surface area contributed by atoms with E-state index in [0.717, 1.165) is 63.5 Å². The molecule has 8 heteroatoms. The Labute approximate surface area is 177 Å². The number of alkyl halides is 1. The molecule has 2 fully saturated rings. The molecule has 3 N–H and O–H groups in total. The highest BCUT2D eigenvalue weighted by Crippen LogP contribution is 2.35. The standard InChI is InChI=1S/C22H33FN4O3/c1-22(2,29)20(23)14-27-13-15-11-18(24)19(12-17(15)21(27)28)26-5-3-16(4-6-26)25-7-9-30-10-8-25/h11-12,16,20,29H,3-10,13-14,24H2,1-2H3. The summed E-state index contributed by atoms with van der Waals surface area (Å²) in [6.45, 7) is 8.44. The van der Waals surface area contributed by atoms with E-state index in [1.54, 1.807) is 0 Å². The number of hydrogen-bond donors (Lipinski definition) is 2. The highest BCUT2D eigenvalue weighted by Gasteiger charge is 2.35. The van der Waals surface area contributed by atoms with E-state index < -0.39 is 11.8 Å². The third-order valence-corrected chi connectivity index (χ3v) is 6.65. The van der Waals surface area contributed by atoms with E-state index in [4.69, 9.17) is 10.5 Å². The summed E-state index contributed by atoms with van der Waals surface area (Å²) in [5.74, 6) is -0.193. The molecule has 2 saturated heterocycles. The number of rotatable bonds is 5. The van der Waals surface area contributed by atoms with Crippen molar-refractivity contribution in [3.8, 4) is 0 Å². The third-order valence-electron chi connectivity index (χ3n) is 6.65. The Kier molecular flexibility index (Phi) is 5.92. The van der Waals surface area contributed by atoms with Crippen molar-refractivity contribution in [3.63, 3.8) is 0 Å². The van der Waals surface area contributed by atoms with Crippen LogP contribution < -0.4 is 10.6 Å². The zero-order valence-electron chi connectivity index (χ0n) is 17.9. The Morgan fingerprint density at radius 2 is 1.90 bits per heavy atom. The minimum Gasteiger partial charge on any atom is -0.397 e. The normalized spacial score (nSPS) is 22.5. The van der Waals surface area contributed by atoms with Crippen molar-refractivity contribution < 1.29 is 19.0 Å². The van der Waals surface area contributed by atoms with Crippen LogP contribution in [0.3, 0.4) is 0 Å². The molecule has 0 aromatic heterocycles. The molecule has 166 valence electrons. The number of amides is 1.